The number of primary sulfonamides is 1. The average molecular weight is 305 g/mol. The Morgan fingerprint density at radius 1 is 1.21 bits per heavy atom. The van der Waals surface area contributed by atoms with Crippen LogP contribution in [0.5, 0.6) is 0 Å². The molecule has 2 N–H and O–H groups in total. The first-order chi connectivity index (χ1) is 8.79. The highest BCUT2D eigenvalue weighted by molar-refractivity contribution is 7.89. The maximum atomic E-state index is 14.0. The molecule has 4 nitrogen and oxygen atoms in total. The summed E-state index contributed by atoms with van der Waals surface area (Å²) < 4.78 is 49.7. The monoisotopic (exact) mass is 304 g/mol. The summed E-state index contributed by atoms with van der Waals surface area (Å²) >= 11 is 5.63. The van der Waals surface area contributed by atoms with Crippen LogP contribution in [0.25, 0.3) is 11.3 Å². The predicted octanol–water partition coefficient (Wildman–Crippen LogP) is 2.33. The summed E-state index contributed by atoms with van der Waals surface area (Å²) in [6.07, 6.45) is 1.23. The van der Waals surface area contributed by atoms with Gasteiger partial charge < -0.3 is 0 Å². The van der Waals surface area contributed by atoms with E-state index >= 15 is 0 Å². The van der Waals surface area contributed by atoms with Gasteiger partial charge in [-0.1, -0.05) is 11.6 Å². The SMILES string of the molecule is NS(=O)(=O)c1cc(F)cc(-c2ccc(Cl)cn2)c1F. The summed E-state index contributed by atoms with van der Waals surface area (Å²) in [6, 6.07) is 4.11. The van der Waals surface area contributed by atoms with Crippen LogP contribution in [-0.2, 0) is 10.0 Å². The summed E-state index contributed by atoms with van der Waals surface area (Å²) in [5.74, 6) is -2.09. The standard InChI is InChI=1S/C11H7ClF2N2O2S/c12-6-1-2-9(16-5-6)8-3-7(13)4-10(11(8)14)19(15,17)18/h1-5H,(H2,15,17,18). The molecule has 19 heavy (non-hydrogen) atoms. The molecule has 2 rings (SSSR count). The Hall–Kier alpha value is -1.57. The van der Waals surface area contributed by atoms with E-state index in [-0.39, 0.29) is 11.3 Å². The molecule has 0 unspecified atom stereocenters. The molecule has 0 aliphatic heterocycles. The quantitative estimate of drug-likeness (QED) is 0.925. The Labute approximate surface area is 112 Å². The Kier molecular flexibility index (Phi) is 3.53. The van der Waals surface area contributed by atoms with Crippen molar-refractivity contribution in [3.8, 4) is 11.3 Å². The molecule has 0 atom stereocenters. The van der Waals surface area contributed by atoms with Crippen molar-refractivity contribution in [2.75, 3.05) is 0 Å². The van der Waals surface area contributed by atoms with Crippen LogP contribution in [0.1, 0.15) is 0 Å². The van der Waals surface area contributed by atoms with Crippen LogP contribution in [-0.4, -0.2) is 13.4 Å². The van der Waals surface area contributed by atoms with E-state index < -0.39 is 26.6 Å². The maximum Gasteiger partial charge on any atom is 0.241 e. The van der Waals surface area contributed by atoms with Crippen molar-refractivity contribution in [2.45, 2.75) is 4.90 Å². The van der Waals surface area contributed by atoms with Crippen molar-refractivity contribution in [1.29, 1.82) is 0 Å². The van der Waals surface area contributed by atoms with Gasteiger partial charge in [-0.2, -0.15) is 0 Å². The summed E-state index contributed by atoms with van der Waals surface area (Å²) in [7, 11) is -4.36. The first kappa shape index (κ1) is 13.9. The molecule has 0 saturated heterocycles. The fraction of sp³-hybridized carbons (Fsp3) is 0. The first-order valence-corrected chi connectivity index (χ1v) is 6.85. The number of sulfonamides is 1. The van der Waals surface area contributed by atoms with E-state index in [1.807, 2.05) is 0 Å². The van der Waals surface area contributed by atoms with Gasteiger partial charge in [0.2, 0.25) is 10.0 Å². The lowest BCUT2D eigenvalue weighted by atomic mass is 10.1. The van der Waals surface area contributed by atoms with E-state index in [1.54, 1.807) is 0 Å². The van der Waals surface area contributed by atoms with Crippen molar-refractivity contribution in [3.05, 3.63) is 47.1 Å². The third-order valence-electron chi connectivity index (χ3n) is 2.31. The van der Waals surface area contributed by atoms with Crippen molar-refractivity contribution in [1.82, 2.24) is 4.98 Å². The highest BCUT2D eigenvalue weighted by atomic mass is 35.5. The number of pyridine rings is 1. The molecule has 100 valence electrons. The van der Waals surface area contributed by atoms with Gasteiger partial charge in [-0.15, -0.1) is 0 Å². The van der Waals surface area contributed by atoms with Crippen molar-refractivity contribution in [3.63, 3.8) is 0 Å². The lowest BCUT2D eigenvalue weighted by Gasteiger charge is -2.07. The Morgan fingerprint density at radius 3 is 2.42 bits per heavy atom. The molecular weight excluding hydrogens is 298 g/mol. The van der Waals surface area contributed by atoms with Crippen LogP contribution in [0, 0.1) is 11.6 Å². The Morgan fingerprint density at radius 2 is 1.89 bits per heavy atom. The predicted molar refractivity (Wildman–Crippen MR) is 66.0 cm³/mol. The van der Waals surface area contributed by atoms with Gasteiger partial charge in [-0.05, 0) is 24.3 Å². The molecule has 0 radical (unpaired) electrons. The van der Waals surface area contributed by atoms with Crippen molar-refractivity contribution in [2.24, 2.45) is 5.14 Å². The molecule has 8 heteroatoms. The van der Waals surface area contributed by atoms with Gasteiger partial charge in [0.25, 0.3) is 0 Å². The third kappa shape index (κ3) is 2.89. The van der Waals surface area contributed by atoms with Gasteiger partial charge >= 0.3 is 0 Å². The second-order valence-corrected chi connectivity index (χ2v) is 5.64. The van der Waals surface area contributed by atoms with E-state index in [0.29, 0.717) is 11.1 Å². The van der Waals surface area contributed by atoms with Crippen LogP contribution in [0.2, 0.25) is 5.02 Å². The first-order valence-electron chi connectivity index (χ1n) is 4.93. The summed E-state index contributed by atoms with van der Waals surface area (Å²) in [5.41, 5.74) is -0.257. The largest absolute Gasteiger partial charge is 0.255 e. The normalized spacial score (nSPS) is 11.6. The minimum atomic E-state index is -4.36. The molecule has 0 fully saturated rings. The number of halogens is 3. The number of rotatable bonds is 2. The number of hydrogen-bond acceptors (Lipinski definition) is 3. The Bertz CT molecular complexity index is 733. The Balaban J connectivity index is 2.71. The van der Waals surface area contributed by atoms with Crippen molar-refractivity contribution < 1.29 is 17.2 Å². The van der Waals surface area contributed by atoms with Gasteiger partial charge in [0.15, 0.2) is 5.82 Å². The highest BCUT2D eigenvalue weighted by Gasteiger charge is 2.20. The second kappa shape index (κ2) is 4.84. The van der Waals surface area contributed by atoms with Gasteiger partial charge in [0.05, 0.1) is 10.7 Å². The summed E-state index contributed by atoms with van der Waals surface area (Å²) in [5, 5.41) is 5.13. The van der Waals surface area contributed by atoms with E-state index in [4.69, 9.17) is 16.7 Å². The summed E-state index contributed by atoms with van der Waals surface area (Å²) in [4.78, 5) is 2.88. The average Bonchev–Trinajstić information content (AvgIpc) is 2.31. The molecule has 0 aliphatic rings. The highest BCUT2D eigenvalue weighted by Crippen LogP contribution is 2.27. The zero-order valence-electron chi connectivity index (χ0n) is 9.27. The molecule has 2 aromatic rings. The molecule has 1 heterocycles. The minimum Gasteiger partial charge on any atom is -0.255 e. The number of aromatic nitrogens is 1. The second-order valence-electron chi connectivity index (χ2n) is 3.67. The fourth-order valence-electron chi connectivity index (χ4n) is 1.49. The molecule has 0 amide bonds. The topological polar surface area (TPSA) is 73.1 Å². The number of benzene rings is 1. The van der Waals surface area contributed by atoms with Crippen molar-refractivity contribution >= 4 is 21.6 Å². The zero-order valence-corrected chi connectivity index (χ0v) is 10.8. The van der Waals surface area contributed by atoms with E-state index in [1.165, 1.54) is 18.3 Å². The summed E-state index contributed by atoms with van der Waals surface area (Å²) in [6.45, 7) is 0. The zero-order chi connectivity index (χ0) is 14.2. The lowest BCUT2D eigenvalue weighted by Crippen LogP contribution is -2.15. The van der Waals surface area contributed by atoms with Crippen LogP contribution < -0.4 is 5.14 Å². The molecule has 1 aromatic carbocycles. The van der Waals surface area contributed by atoms with Crippen LogP contribution in [0.15, 0.2) is 35.4 Å². The molecule has 0 saturated carbocycles. The van der Waals surface area contributed by atoms with Gasteiger partial charge in [0.1, 0.15) is 10.7 Å². The molecule has 0 bridgehead atoms. The molecule has 0 spiro atoms. The van der Waals surface area contributed by atoms with Gasteiger partial charge in [0, 0.05) is 11.8 Å². The third-order valence-corrected chi connectivity index (χ3v) is 3.45. The van der Waals surface area contributed by atoms with Gasteiger partial charge in [-0.25, -0.2) is 22.3 Å². The maximum absolute atomic E-state index is 14.0. The minimum absolute atomic E-state index is 0.0475. The van der Waals surface area contributed by atoms with E-state index in [2.05, 4.69) is 4.98 Å². The van der Waals surface area contributed by atoms with Crippen LogP contribution in [0.4, 0.5) is 8.78 Å². The number of hydrogen-bond donors (Lipinski definition) is 1. The van der Waals surface area contributed by atoms with Gasteiger partial charge in [-0.3, -0.25) is 4.98 Å². The smallest absolute Gasteiger partial charge is 0.241 e. The lowest BCUT2D eigenvalue weighted by molar-refractivity contribution is 0.556. The molecular formula is C11H7ClF2N2O2S. The van der Waals surface area contributed by atoms with Crippen LogP contribution in [0.3, 0.4) is 0 Å². The number of nitrogens with two attached hydrogens (primary N) is 1. The van der Waals surface area contributed by atoms with Crippen LogP contribution >= 0.6 is 11.6 Å². The van der Waals surface area contributed by atoms with E-state index in [0.717, 1.165) is 6.07 Å². The number of nitrogens with zero attached hydrogens (tertiary/aromatic N) is 1. The van der Waals surface area contributed by atoms with E-state index in [9.17, 15) is 17.2 Å². The molecule has 1 aromatic heterocycles. The fourth-order valence-corrected chi connectivity index (χ4v) is 2.24. The molecule has 0 aliphatic carbocycles.